The molecule has 0 aliphatic carbocycles. The molecule has 4 bridgehead atoms. The van der Waals surface area contributed by atoms with E-state index in [2.05, 4.69) is 10.1 Å². The van der Waals surface area contributed by atoms with Crippen molar-refractivity contribution < 1.29 is 57.5 Å². The number of amides is 3. The second-order valence-corrected chi connectivity index (χ2v) is 16.4. The number of alkyl carbamates (subject to hydrolysis) is 1. The highest BCUT2D eigenvalue weighted by Gasteiger charge is 2.64. The second kappa shape index (κ2) is 19.3. The summed E-state index contributed by atoms with van der Waals surface area (Å²) < 4.78 is 33.8. The molecule has 1 aromatic rings. The number of benzene rings is 1. The van der Waals surface area contributed by atoms with Gasteiger partial charge in [0, 0.05) is 51.5 Å². The van der Waals surface area contributed by atoms with Crippen LogP contribution in [0.4, 0.5) is 10.5 Å². The Kier molecular flexibility index (Phi) is 15.5. The van der Waals surface area contributed by atoms with Crippen LogP contribution in [0.2, 0.25) is 5.02 Å². The maximum Gasteiger partial charge on any atom is 0.409 e. The van der Waals surface area contributed by atoms with E-state index < -0.39 is 77.7 Å². The summed E-state index contributed by atoms with van der Waals surface area (Å²) in [6.45, 7) is 6.89. The predicted octanol–water partition coefficient (Wildman–Crippen LogP) is 3.14. The largest absolute Gasteiger partial charge is 0.495 e. The van der Waals surface area contributed by atoms with E-state index in [-0.39, 0.29) is 35.9 Å². The molecule has 1 aromatic carbocycles. The van der Waals surface area contributed by atoms with Gasteiger partial charge in [-0.25, -0.2) is 9.59 Å². The summed E-state index contributed by atoms with van der Waals surface area (Å²) in [6.07, 6.45) is 0.715. The highest BCUT2D eigenvalue weighted by molar-refractivity contribution is 7.99. The number of methoxy groups -OCH3 is 3. The molecule has 0 saturated carbocycles. The molecule has 3 aliphatic rings. The van der Waals surface area contributed by atoms with Gasteiger partial charge in [0.05, 0.1) is 32.4 Å². The molecule has 0 aromatic heterocycles. The molecule has 2 saturated heterocycles. The number of fused-ring (bicyclic) bond motifs is 5. The van der Waals surface area contributed by atoms with Gasteiger partial charge in [-0.1, -0.05) is 42.3 Å². The van der Waals surface area contributed by atoms with Crippen molar-refractivity contribution in [1.29, 1.82) is 0 Å². The van der Waals surface area contributed by atoms with E-state index in [1.54, 1.807) is 45.2 Å². The highest BCUT2D eigenvalue weighted by atomic mass is 35.5. The first-order valence-corrected chi connectivity index (χ1v) is 20.1. The third-order valence-electron chi connectivity index (χ3n) is 10.8. The Balaban J connectivity index is 1.65. The minimum atomic E-state index is -1.85. The van der Waals surface area contributed by atoms with Crippen molar-refractivity contribution in [2.45, 2.75) is 101 Å². The van der Waals surface area contributed by atoms with Crippen LogP contribution >= 0.6 is 23.4 Å². The molecule has 57 heavy (non-hydrogen) atoms. The Hall–Kier alpha value is -3.87. The number of ether oxygens (including phenoxy) is 6. The van der Waals surface area contributed by atoms with Gasteiger partial charge in [-0.15, -0.1) is 0 Å². The number of carbonyl (C=O) groups excluding carboxylic acids is 5. The zero-order valence-electron chi connectivity index (χ0n) is 33.9. The van der Waals surface area contributed by atoms with Crippen LogP contribution in [-0.4, -0.2) is 135 Å². The van der Waals surface area contributed by atoms with Gasteiger partial charge < -0.3 is 49.1 Å². The highest BCUT2D eigenvalue weighted by Crippen LogP contribution is 2.49. The SMILES string of the molecule is COC(=O)C(N)CSCCC(=O)N(C)[C@@H](C)C(=O)O[C@H]1CC(=O)N(C)c2cc(cc(OC)c2Cl)C/C(C)=C/C=C/[C@@H](OC)[C@@]2(O)C[C@H](OC(=O)N2)[C@@H](C)[C@@H]2O[C@@]12C. The van der Waals surface area contributed by atoms with E-state index in [1.165, 1.54) is 56.9 Å². The Morgan fingerprint density at radius 2 is 1.91 bits per heavy atom. The van der Waals surface area contributed by atoms with E-state index in [0.717, 1.165) is 11.1 Å². The zero-order chi connectivity index (χ0) is 42.4. The molecule has 0 spiro atoms. The summed E-state index contributed by atoms with van der Waals surface area (Å²) in [4.78, 5) is 68.2. The predicted molar refractivity (Wildman–Crippen MR) is 213 cm³/mol. The lowest BCUT2D eigenvalue weighted by Crippen LogP contribution is -2.63. The number of nitrogens with two attached hydrogens (primary N) is 1. The van der Waals surface area contributed by atoms with Gasteiger partial charge in [-0.2, -0.15) is 11.8 Å². The molecular weight excluding hydrogens is 784 g/mol. The summed E-state index contributed by atoms with van der Waals surface area (Å²) in [5.41, 5.74) is 4.73. The number of likely N-dealkylation sites (N-methyl/N-ethyl adjacent to an activating group) is 1. The van der Waals surface area contributed by atoms with E-state index in [9.17, 15) is 29.1 Å². The molecule has 3 amide bonds. The van der Waals surface area contributed by atoms with Gasteiger partial charge in [0.1, 0.15) is 46.8 Å². The van der Waals surface area contributed by atoms with E-state index >= 15 is 0 Å². The van der Waals surface area contributed by atoms with E-state index in [0.29, 0.717) is 23.6 Å². The maximum atomic E-state index is 14.2. The fourth-order valence-electron chi connectivity index (χ4n) is 6.98. The first kappa shape index (κ1) is 45.8. The van der Waals surface area contributed by atoms with Gasteiger partial charge >= 0.3 is 18.0 Å². The van der Waals surface area contributed by atoms with Gasteiger partial charge in [0.25, 0.3) is 0 Å². The topological polar surface area (TPSA) is 209 Å². The lowest BCUT2D eigenvalue weighted by molar-refractivity contribution is -0.162. The van der Waals surface area contributed by atoms with Crippen LogP contribution in [-0.2, 0) is 49.3 Å². The first-order valence-electron chi connectivity index (χ1n) is 18.6. The monoisotopic (exact) mass is 838 g/mol. The average Bonchev–Trinajstić information content (AvgIpc) is 3.87. The molecule has 0 radical (unpaired) electrons. The van der Waals surface area contributed by atoms with Crippen LogP contribution in [0.15, 0.2) is 35.9 Å². The number of nitrogens with zero attached hydrogens (tertiary/aromatic N) is 2. The molecular formula is C39H55ClN4O12S. The van der Waals surface area contributed by atoms with Gasteiger partial charge in [-0.3, -0.25) is 19.7 Å². The number of thioether (sulfide) groups is 1. The standard InChI is InChI=1S/C39H55ClN4O12S/c1-21-11-10-12-29(52-8)39(50)19-28(54-37(49)42-39)22(2)34-38(4,56-34)30(18-32(46)44(6)26-16-24(15-21)17-27(51-7)33(26)40)55-35(47)23(3)43(5)31(45)13-14-57-20-25(41)36(48)53-9/h10-12,16-17,22-23,25,28-30,34,50H,13-15,18-20,41H2,1-9H3,(H,42,49)/b12-10+,21-11+/t22-,23+,25?,28+,29-,30+,34+,38+,39+/m1/s1. The summed E-state index contributed by atoms with van der Waals surface area (Å²) in [5.74, 6) is -1.77. The van der Waals surface area contributed by atoms with Crippen LogP contribution in [0.3, 0.4) is 0 Å². The number of rotatable bonds is 11. The molecule has 3 heterocycles. The molecule has 2 fully saturated rings. The molecule has 18 heteroatoms. The van der Waals surface area contributed by atoms with E-state index in [1.807, 2.05) is 13.0 Å². The smallest absolute Gasteiger partial charge is 0.409 e. The number of esters is 2. The van der Waals surface area contributed by atoms with Crippen molar-refractivity contribution in [2.24, 2.45) is 11.7 Å². The number of carbonyl (C=O) groups is 5. The van der Waals surface area contributed by atoms with Crippen LogP contribution < -0.4 is 20.7 Å². The van der Waals surface area contributed by atoms with E-state index in [4.69, 9.17) is 41.0 Å². The fourth-order valence-corrected chi connectivity index (χ4v) is 8.17. The first-order chi connectivity index (χ1) is 26.8. The van der Waals surface area contributed by atoms with Crippen molar-refractivity contribution in [1.82, 2.24) is 10.2 Å². The Morgan fingerprint density at radius 1 is 1.21 bits per heavy atom. The third kappa shape index (κ3) is 10.8. The number of allylic oxidation sites excluding steroid dienone is 3. The molecule has 4 rings (SSSR count). The normalized spacial score (nSPS) is 30.3. The minimum absolute atomic E-state index is 0.0550. The number of anilines is 1. The average molecular weight is 839 g/mol. The quantitative estimate of drug-likeness (QED) is 0.127. The van der Waals surface area contributed by atoms with Crippen molar-refractivity contribution in [3.05, 3.63) is 46.5 Å². The summed E-state index contributed by atoms with van der Waals surface area (Å²) in [6, 6.07) is 1.66. The fraction of sp³-hybridized carbons (Fsp3) is 0.615. The lowest BCUT2D eigenvalue weighted by Gasteiger charge is -2.42. The van der Waals surface area contributed by atoms with Crippen LogP contribution in [0, 0.1) is 5.92 Å². The van der Waals surface area contributed by atoms with Crippen molar-refractivity contribution >= 4 is 58.9 Å². The number of aliphatic hydroxyl groups is 1. The number of hydrogen-bond acceptors (Lipinski definition) is 14. The number of halogens is 1. The van der Waals surface area contributed by atoms with Crippen molar-refractivity contribution in [2.75, 3.05) is 51.8 Å². The molecule has 316 valence electrons. The molecule has 3 aliphatic heterocycles. The van der Waals surface area contributed by atoms with Crippen LogP contribution in [0.1, 0.15) is 52.5 Å². The lowest BCUT2D eigenvalue weighted by atomic mass is 9.83. The maximum absolute atomic E-state index is 14.2. The van der Waals surface area contributed by atoms with Crippen LogP contribution in [0.25, 0.3) is 0 Å². The van der Waals surface area contributed by atoms with Crippen molar-refractivity contribution in [3.8, 4) is 5.75 Å². The van der Waals surface area contributed by atoms with Gasteiger partial charge in [-0.05, 0) is 44.9 Å². The summed E-state index contributed by atoms with van der Waals surface area (Å²) in [7, 11) is 7.17. The number of hydrogen-bond donors (Lipinski definition) is 3. The molecule has 1 unspecified atom stereocenters. The Bertz CT molecular complexity index is 1750. The number of epoxide rings is 1. The molecule has 9 atom stereocenters. The Labute approximate surface area is 342 Å². The van der Waals surface area contributed by atoms with Gasteiger partial charge in [0.2, 0.25) is 11.8 Å². The summed E-state index contributed by atoms with van der Waals surface area (Å²) in [5, 5.41) is 14.5. The van der Waals surface area contributed by atoms with Gasteiger partial charge in [0.15, 0.2) is 5.72 Å². The molecule has 16 nitrogen and oxygen atoms in total. The second-order valence-electron chi connectivity index (χ2n) is 14.9. The summed E-state index contributed by atoms with van der Waals surface area (Å²) >= 11 is 8.06. The Morgan fingerprint density at radius 3 is 2.56 bits per heavy atom. The van der Waals surface area contributed by atoms with Crippen LogP contribution in [0.5, 0.6) is 5.75 Å². The third-order valence-corrected chi connectivity index (χ3v) is 12.3. The number of nitrogens with one attached hydrogen (secondary N) is 1. The minimum Gasteiger partial charge on any atom is -0.495 e. The zero-order valence-corrected chi connectivity index (χ0v) is 35.4. The van der Waals surface area contributed by atoms with Crippen molar-refractivity contribution in [3.63, 3.8) is 0 Å². The molecule has 4 N–H and O–H groups in total.